The molecule has 0 aromatic carbocycles. The van der Waals surface area contributed by atoms with Crippen molar-refractivity contribution in [2.45, 2.75) is 84.7 Å². The molecule has 0 amide bonds. The molecule has 0 unspecified atom stereocenters. The van der Waals surface area contributed by atoms with Crippen LogP contribution in [0.3, 0.4) is 0 Å². The first kappa shape index (κ1) is 21.7. The topological polar surface area (TPSA) is 80.7 Å². The monoisotopic (exact) mass is 416 g/mol. The van der Waals surface area contributed by atoms with Crippen LogP contribution in [0.1, 0.15) is 79.1 Å². The number of carbonyl (C=O) groups excluding carboxylic acids is 3. The van der Waals surface area contributed by atoms with E-state index in [4.69, 9.17) is 4.74 Å². The largest absolute Gasteiger partial charge is 0.450 e. The van der Waals surface area contributed by atoms with Gasteiger partial charge in [-0.3, -0.25) is 14.4 Å². The van der Waals surface area contributed by atoms with Crippen LogP contribution in [0, 0.1) is 34.5 Å². The molecule has 30 heavy (non-hydrogen) atoms. The second-order valence-corrected chi connectivity index (χ2v) is 10.7. The molecule has 4 aliphatic rings. The SMILES string of the molecule is CCC(=O)O[C@]1(C(=O)CO)[C@@H](C)C[C@H]2[C@@H]3CC[C@H]4CC(=O)CC[C@]4(C)C3=CC[C@@]21C. The third-order valence-corrected chi connectivity index (χ3v) is 9.50. The van der Waals surface area contributed by atoms with E-state index in [1.54, 1.807) is 6.92 Å². The summed E-state index contributed by atoms with van der Waals surface area (Å²) in [5.74, 6) is 0.548. The van der Waals surface area contributed by atoms with Gasteiger partial charge in [0, 0.05) is 30.6 Å². The zero-order valence-electron chi connectivity index (χ0n) is 18.8. The highest BCUT2D eigenvalue weighted by atomic mass is 16.6. The van der Waals surface area contributed by atoms with Crippen molar-refractivity contribution >= 4 is 17.5 Å². The maximum absolute atomic E-state index is 13.2. The summed E-state index contributed by atoms with van der Waals surface area (Å²) in [7, 11) is 0. The van der Waals surface area contributed by atoms with Crippen LogP contribution in [-0.2, 0) is 19.1 Å². The Morgan fingerprint density at radius 2 is 2.00 bits per heavy atom. The fourth-order valence-electron chi connectivity index (χ4n) is 7.88. The smallest absolute Gasteiger partial charge is 0.306 e. The maximum Gasteiger partial charge on any atom is 0.306 e. The van der Waals surface area contributed by atoms with Crippen LogP contribution in [0.15, 0.2) is 11.6 Å². The normalized spacial score (nSPS) is 45.1. The predicted octanol–water partition coefficient (Wildman–Crippen LogP) is 4.02. The zero-order valence-corrected chi connectivity index (χ0v) is 18.8. The lowest BCUT2D eigenvalue weighted by atomic mass is 9.48. The molecule has 0 aromatic rings. The van der Waals surface area contributed by atoms with Crippen LogP contribution in [0.4, 0.5) is 0 Å². The Balaban J connectivity index is 1.77. The average Bonchev–Trinajstić information content (AvgIpc) is 2.95. The maximum atomic E-state index is 13.2. The van der Waals surface area contributed by atoms with Crippen molar-refractivity contribution in [1.82, 2.24) is 0 Å². The number of esters is 1. The van der Waals surface area contributed by atoms with E-state index in [2.05, 4.69) is 19.9 Å². The number of ether oxygens (including phenoxy) is 1. The number of aliphatic hydroxyl groups excluding tert-OH is 1. The molecule has 5 heteroatoms. The summed E-state index contributed by atoms with van der Waals surface area (Å²) in [6, 6.07) is 0. The number of hydrogen-bond donors (Lipinski definition) is 1. The third-order valence-electron chi connectivity index (χ3n) is 9.50. The Labute approximate surface area is 179 Å². The van der Waals surface area contributed by atoms with Crippen LogP contribution in [0.5, 0.6) is 0 Å². The lowest BCUT2D eigenvalue weighted by Crippen LogP contribution is -2.60. The molecular weight excluding hydrogens is 380 g/mol. The molecule has 3 fully saturated rings. The molecule has 0 radical (unpaired) electrons. The van der Waals surface area contributed by atoms with Crippen LogP contribution in [0.25, 0.3) is 0 Å². The summed E-state index contributed by atoms with van der Waals surface area (Å²) in [6.45, 7) is 7.58. The molecule has 4 aliphatic carbocycles. The summed E-state index contributed by atoms with van der Waals surface area (Å²) in [5, 5.41) is 9.83. The number of carbonyl (C=O) groups is 3. The minimum atomic E-state index is -1.26. The second kappa shape index (κ2) is 7.29. The zero-order chi connectivity index (χ0) is 21.9. The quantitative estimate of drug-likeness (QED) is 0.553. The molecular formula is C25H36O5. The van der Waals surface area contributed by atoms with Gasteiger partial charge in [0.2, 0.25) is 5.78 Å². The van der Waals surface area contributed by atoms with Gasteiger partial charge in [0.1, 0.15) is 12.4 Å². The number of ketones is 2. The van der Waals surface area contributed by atoms with Crippen LogP contribution < -0.4 is 0 Å². The van der Waals surface area contributed by atoms with Gasteiger partial charge in [-0.25, -0.2) is 0 Å². The number of allylic oxidation sites excluding steroid dienone is 2. The number of rotatable bonds is 4. The Hall–Kier alpha value is -1.49. The van der Waals surface area contributed by atoms with Gasteiger partial charge in [-0.1, -0.05) is 39.3 Å². The summed E-state index contributed by atoms with van der Waals surface area (Å²) >= 11 is 0. The first-order chi connectivity index (χ1) is 14.1. The summed E-state index contributed by atoms with van der Waals surface area (Å²) in [5.41, 5.74) is -0.232. The molecule has 0 bridgehead atoms. The summed E-state index contributed by atoms with van der Waals surface area (Å²) in [4.78, 5) is 37.7. The van der Waals surface area contributed by atoms with Gasteiger partial charge in [-0.15, -0.1) is 0 Å². The van der Waals surface area contributed by atoms with Gasteiger partial charge in [0.25, 0.3) is 0 Å². The fraction of sp³-hybridized carbons (Fsp3) is 0.800. The molecule has 7 atom stereocenters. The van der Waals surface area contributed by atoms with E-state index < -0.39 is 17.6 Å². The van der Waals surface area contributed by atoms with E-state index in [1.807, 2.05) is 6.92 Å². The highest BCUT2D eigenvalue weighted by Gasteiger charge is 2.70. The van der Waals surface area contributed by atoms with Crippen LogP contribution >= 0.6 is 0 Å². The lowest BCUT2D eigenvalue weighted by Gasteiger charge is -2.57. The molecule has 3 saturated carbocycles. The van der Waals surface area contributed by atoms with Crippen molar-refractivity contribution < 1.29 is 24.2 Å². The van der Waals surface area contributed by atoms with Gasteiger partial charge in [0.15, 0.2) is 5.60 Å². The van der Waals surface area contributed by atoms with Crippen molar-refractivity contribution in [2.24, 2.45) is 34.5 Å². The number of hydrogen-bond acceptors (Lipinski definition) is 5. The Kier molecular flexibility index (Phi) is 5.28. The standard InChI is InChI=1S/C25H36O5/c1-5-22(29)30-25(21(28)14-26)15(2)12-20-18-7-6-16-13-17(27)8-10-23(16,3)19(18)9-11-24(20,25)4/h9,15-16,18,20,26H,5-8,10-14H2,1-4H3/t15-,16-,18+,20-,23-,24-,25-/m0/s1. The summed E-state index contributed by atoms with van der Waals surface area (Å²) in [6.07, 6.45) is 8.37. The average molecular weight is 417 g/mol. The van der Waals surface area contributed by atoms with E-state index in [0.29, 0.717) is 36.9 Å². The fourth-order valence-corrected chi connectivity index (χ4v) is 7.88. The molecule has 0 spiro atoms. The molecule has 0 heterocycles. The van der Waals surface area contributed by atoms with Crippen molar-refractivity contribution in [3.8, 4) is 0 Å². The van der Waals surface area contributed by atoms with Crippen LogP contribution in [-0.4, -0.2) is 34.9 Å². The Bertz CT molecular complexity index is 799. The van der Waals surface area contributed by atoms with Gasteiger partial charge < -0.3 is 9.84 Å². The van der Waals surface area contributed by atoms with Crippen molar-refractivity contribution in [1.29, 1.82) is 0 Å². The van der Waals surface area contributed by atoms with E-state index in [9.17, 15) is 19.5 Å². The molecule has 5 nitrogen and oxygen atoms in total. The van der Waals surface area contributed by atoms with E-state index in [1.165, 1.54) is 5.57 Å². The minimum Gasteiger partial charge on any atom is -0.450 e. The molecule has 4 rings (SSSR count). The Morgan fingerprint density at radius 1 is 1.27 bits per heavy atom. The molecule has 0 aliphatic heterocycles. The second-order valence-electron chi connectivity index (χ2n) is 10.7. The lowest BCUT2D eigenvalue weighted by molar-refractivity contribution is -0.190. The van der Waals surface area contributed by atoms with Crippen molar-refractivity contribution in [3.05, 3.63) is 11.6 Å². The molecule has 0 aromatic heterocycles. The molecule has 1 N–H and O–H groups in total. The first-order valence-electron chi connectivity index (χ1n) is 11.7. The summed E-state index contributed by atoms with van der Waals surface area (Å²) < 4.78 is 5.99. The number of aliphatic hydroxyl groups is 1. The highest BCUT2D eigenvalue weighted by molar-refractivity contribution is 5.92. The van der Waals surface area contributed by atoms with Gasteiger partial charge >= 0.3 is 5.97 Å². The third kappa shape index (κ3) is 2.73. The van der Waals surface area contributed by atoms with Gasteiger partial charge in [0.05, 0.1) is 0 Å². The van der Waals surface area contributed by atoms with E-state index in [-0.39, 0.29) is 35.4 Å². The number of Topliss-reactive ketones (excluding diaryl/α,β-unsaturated/α-hetero) is 2. The van der Waals surface area contributed by atoms with Gasteiger partial charge in [-0.2, -0.15) is 0 Å². The predicted molar refractivity (Wildman–Crippen MR) is 112 cm³/mol. The van der Waals surface area contributed by atoms with E-state index in [0.717, 1.165) is 25.7 Å². The van der Waals surface area contributed by atoms with Crippen molar-refractivity contribution in [2.75, 3.05) is 6.61 Å². The Morgan fingerprint density at radius 3 is 2.67 bits per heavy atom. The highest BCUT2D eigenvalue weighted by Crippen LogP contribution is 2.68. The first-order valence-corrected chi connectivity index (χ1v) is 11.7. The molecule has 0 saturated heterocycles. The van der Waals surface area contributed by atoms with Gasteiger partial charge in [-0.05, 0) is 55.3 Å². The number of fused-ring (bicyclic) bond motifs is 5. The minimum absolute atomic E-state index is 0.0632. The van der Waals surface area contributed by atoms with E-state index >= 15 is 0 Å². The van der Waals surface area contributed by atoms with Crippen LogP contribution in [0.2, 0.25) is 0 Å². The molecule has 166 valence electrons. The van der Waals surface area contributed by atoms with Crippen molar-refractivity contribution in [3.63, 3.8) is 0 Å².